The van der Waals surface area contributed by atoms with E-state index >= 15 is 0 Å². The Morgan fingerprint density at radius 3 is 2.71 bits per heavy atom. The molecular weight excluding hydrogens is 358 g/mol. The van der Waals surface area contributed by atoms with Crippen LogP contribution in [0.1, 0.15) is 38.2 Å². The second-order valence-electron chi connectivity index (χ2n) is 7.37. The molecule has 1 unspecified atom stereocenters. The molecule has 2 aromatic rings. The average molecular weight is 381 g/mol. The van der Waals surface area contributed by atoms with Crippen molar-refractivity contribution in [3.63, 3.8) is 0 Å². The molecule has 1 atom stereocenters. The maximum Gasteiger partial charge on any atom is 0.325 e. The first-order valence-electron chi connectivity index (χ1n) is 9.53. The molecule has 8 heteroatoms. The van der Waals surface area contributed by atoms with Crippen LogP contribution in [0.5, 0.6) is 0 Å². The number of amides is 4. The van der Waals surface area contributed by atoms with Crippen LogP contribution in [0.25, 0.3) is 5.69 Å². The number of imide groups is 1. The van der Waals surface area contributed by atoms with Crippen LogP contribution in [0, 0.1) is 0 Å². The quantitative estimate of drug-likeness (QED) is 0.771. The number of urea groups is 1. The highest BCUT2D eigenvalue weighted by atomic mass is 16.2. The van der Waals surface area contributed by atoms with E-state index in [2.05, 4.69) is 15.7 Å². The Kier molecular flexibility index (Phi) is 4.62. The Labute approximate surface area is 162 Å². The van der Waals surface area contributed by atoms with Gasteiger partial charge in [-0.05, 0) is 37.5 Å². The molecule has 2 fully saturated rings. The molecule has 2 N–H and O–H groups in total. The Hall–Kier alpha value is -3.16. The van der Waals surface area contributed by atoms with Gasteiger partial charge in [0.15, 0.2) is 0 Å². The number of aromatic nitrogens is 2. The normalized spacial score (nSPS) is 19.1. The summed E-state index contributed by atoms with van der Waals surface area (Å²) >= 11 is 0. The fourth-order valence-electron chi connectivity index (χ4n) is 4.05. The number of nitrogens with one attached hydrogen (secondary N) is 2. The third kappa shape index (κ3) is 3.04. The smallest absolute Gasteiger partial charge is 0.325 e. The average Bonchev–Trinajstić information content (AvgIpc) is 3.43. The van der Waals surface area contributed by atoms with Crippen molar-refractivity contribution in [3.8, 4) is 5.69 Å². The number of rotatable bonds is 5. The molecule has 1 aliphatic carbocycles. The lowest BCUT2D eigenvalue weighted by molar-refractivity contribution is -0.137. The van der Waals surface area contributed by atoms with Crippen molar-refractivity contribution in [2.75, 3.05) is 0 Å². The Bertz CT molecular complexity index is 902. The van der Waals surface area contributed by atoms with Gasteiger partial charge in [0.2, 0.25) is 5.91 Å². The molecule has 0 bridgehead atoms. The Balaban J connectivity index is 1.45. The van der Waals surface area contributed by atoms with Crippen LogP contribution < -0.4 is 10.6 Å². The first-order valence-corrected chi connectivity index (χ1v) is 9.53. The number of carbonyl (C=O) groups excluding carboxylic acids is 3. The van der Waals surface area contributed by atoms with Gasteiger partial charge in [0.25, 0.3) is 5.91 Å². The van der Waals surface area contributed by atoms with Crippen molar-refractivity contribution in [3.05, 3.63) is 48.3 Å². The molecule has 146 valence electrons. The molecule has 1 aromatic carbocycles. The van der Waals surface area contributed by atoms with E-state index < -0.39 is 17.6 Å². The van der Waals surface area contributed by atoms with Gasteiger partial charge >= 0.3 is 6.03 Å². The van der Waals surface area contributed by atoms with Crippen LogP contribution in [0.2, 0.25) is 0 Å². The van der Waals surface area contributed by atoms with Crippen molar-refractivity contribution in [1.82, 2.24) is 25.3 Å². The zero-order chi connectivity index (χ0) is 19.7. The summed E-state index contributed by atoms with van der Waals surface area (Å²) in [5, 5.41) is 9.89. The predicted molar refractivity (Wildman–Crippen MR) is 101 cm³/mol. The zero-order valence-corrected chi connectivity index (χ0v) is 15.7. The van der Waals surface area contributed by atoms with Gasteiger partial charge in [-0.25, -0.2) is 14.4 Å². The monoisotopic (exact) mass is 381 g/mol. The summed E-state index contributed by atoms with van der Waals surface area (Å²) in [7, 11) is 0. The lowest BCUT2D eigenvalue weighted by Crippen LogP contribution is -2.49. The lowest BCUT2D eigenvalue weighted by Gasteiger charge is -2.23. The Morgan fingerprint density at radius 2 is 2.00 bits per heavy atom. The summed E-state index contributed by atoms with van der Waals surface area (Å²) in [5.41, 5.74) is 0.940. The minimum absolute atomic E-state index is 0.272. The highest BCUT2D eigenvalue weighted by Crippen LogP contribution is 2.35. The molecule has 28 heavy (non-hydrogen) atoms. The summed E-state index contributed by atoms with van der Waals surface area (Å²) in [4.78, 5) is 39.0. The highest BCUT2D eigenvalue weighted by molar-refractivity contribution is 6.09. The van der Waals surface area contributed by atoms with Gasteiger partial charge in [-0.1, -0.05) is 31.0 Å². The maximum absolute atomic E-state index is 12.8. The van der Waals surface area contributed by atoms with E-state index in [4.69, 9.17) is 0 Å². The van der Waals surface area contributed by atoms with Crippen molar-refractivity contribution in [2.24, 2.45) is 0 Å². The van der Waals surface area contributed by atoms with Crippen LogP contribution in [0.3, 0.4) is 0 Å². The van der Waals surface area contributed by atoms with Crippen LogP contribution in [-0.2, 0) is 16.1 Å². The molecule has 1 spiro atoms. The fourth-order valence-corrected chi connectivity index (χ4v) is 4.05. The topological polar surface area (TPSA) is 96.3 Å². The van der Waals surface area contributed by atoms with Crippen LogP contribution in [0.15, 0.2) is 42.7 Å². The minimum Gasteiger partial charge on any atom is -0.350 e. The van der Waals surface area contributed by atoms with E-state index in [1.54, 1.807) is 17.8 Å². The molecule has 2 aliphatic rings. The van der Waals surface area contributed by atoms with E-state index in [0.717, 1.165) is 29.0 Å². The summed E-state index contributed by atoms with van der Waals surface area (Å²) in [6.07, 6.45) is 6.61. The molecule has 1 aliphatic heterocycles. The first kappa shape index (κ1) is 18.2. The molecule has 2 heterocycles. The molecule has 4 amide bonds. The molecule has 8 nitrogen and oxygen atoms in total. The van der Waals surface area contributed by atoms with Gasteiger partial charge in [-0.3, -0.25) is 9.59 Å². The number of carbonyl (C=O) groups is 3. The van der Waals surface area contributed by atoms with E-state index in [0.29, 0.717) is 12.8 Å². The lowest BCUT2D eigenvalue weighted by atomic mass is 9.97. The molecule has 0 radical (unpaired) electrons. The Morgan fingerprint density at radius 1 is 1.25 bits per heavy atom. The predicted octanol–water partition coefficient (Wildman–Crippen LogP) is 1.74. The molecule has 1 saturated heterocycles. The van der Waals surface area contributed by atoms with Crippen LogP contribution in [0.4, 0.5) is 4.79 Å². The van der Waals surface area contributed by atoms with E-state index in [1.807, 2.05) is 36.5 Å². The summed E-state index contributed by atoms with van der Waals surface area (Å²) < 4.78 is 1.73. The second kappa shape index (κ2) is 7.10. The number of benzene rings is 1. The molecule has 4 rings (SSSR count). The van der Waals surface area contributed by atoms with Gasteiger partial charge in [0.1, 0.15) is 11.6 Å². The van der Waals surface area contributed by atoms with Crippen molar-refractivity contribution >= 4 is 17.8 Å². The van der Waals surface area contributed by atoms with Gasteiger partial charge < -0.3 is 10.6 Å². The molecule has 1 aromatic heterocycles. The number of hydrogen-bond donors (Lipinski definition) is 2. The summed E-state index contributed by atoms with van der Waals surface area (Å²) in [6.45, 7) is 1.86. The molecule has 1 saturated carbocycles. The summed E-state index contributed by atoms with van der Waals surface area (Å²) in [5.74, 6) is -0.650. The van der Waals surface area contributed by atoms with Gasteiger partial charge in [0, 0.05) is 18.9 Å². The van der Waals surface area contributed by atoms with E-state index in [9.17, 15) is 14.4 Å². The second-order valence-corrected chi connectivity index (χ2v) is 7.37. The van der Waals surface area contributed by atoms with Gasteiger partial charge in [0.05, 0.1) is 5.69 Å². The fraction of sp³-hybridized carbons (Fsp3) is 0.400. The van der Waals surface area contributed by atoms with E-state index in [1.165, 1.54) is 0 Å². The molecular formula is C20H23N5O3. The first-order chi connectivity index (χ1) is 13.5. The van der Waals surface area contributed by atoms with Crippen LogP contribution >= 0.6 is 0 Å². The SMILES string of the molecule is CC(C(=O)NCc1ccccc1-n1cccn1)N1C(=O)NC2(CCCC2)C1=O. The van der Waals surface area contributed by atoms with Gasteiger partial charge in [-0.15, -0.1) is 0 Å². The van der Waals surface area contributed by atoms with Crippen LogP contribution in [-0.4, -0.2) is 44.1 Å². The largest absolute Gasteiger partial charge is 0.350 e. The van der Waals surface area contributed by atoms with Crippen molar-refractivity contribution < 1.29 is 14.4 Å². The number of para-hydroxylation sites is 1. The standard InChI is InChI=1S/C20H23N5O3/c1-14(25-18(27)20(23-19(25)28)9-4-5-10-20)17(26)21-13-15-7-2-3-8-16(15)24-12-6-11-22-24/h2-3,6-8,11-12,14H,4-5,9-10,13H2,1H3,(H,21,26)(H,23,28). The summed E-state index contributed by atoms with van der Waals surface area (Å²) in [6, 6.07) is 8.09. The zero-order valence-electron chi connectivity index (χ0n) is 15.7. The van der Waals surface area contributed by atoms with E-state index in [-0.39, 0.29) is 18.4 Å². The third-order valence-electron chi connectivity index (χ3n) is 5.61. The third-order valence-corrected chi connectivity index (χ3v) is 5.61. The maximum atomic E-state index is 12.8. The number of nitrogens with zero attached hydrogens (tertiary/aromatic N) is 3. The van der Waals surface area contributed by atoms with Crippen molar-refractivity contribution in [1.29, 1.82) is 0 Å². The van der Waals surface area contributed by atoms with Gasteiger partial charge in [-0.2, -0.15) is 5.10 Å². The minimum atomic E-state index is -0.871. The van der Waals surface area contributed by atoms with Crippen molar-refractivity contribution in [2.45, 2.75) is 50.7 Å². The number of hydrogen-bond acceptors (Lipinski definition) is 4. The highest BCUT2D eigenvalue weighted by Gasteiger charge is 2.54.